The summed E-state index contributed by atoms with van der Waals surface area (Å²) in [5.74, 6) is 0. The van der Waals surface area contributed by atoms with Gasteiger partial charge in [-0.15, -0.1) is 0 Å². The molecule has 0 bridgehead atoms. The SMILES string of the molecule is CC[C@@H](CNc1nc2c(s1)c(C)nn2C)N1CCOCC1. The zero-order valence-corrected chi connectivity index (χ0v) is 13.7. The van der Waals surface area contributed by atoms with Gasteiger partial charge in [0, 0.05) is 32.7 Å². The average molecular weight is 309 g/mol. The lowest BCUT2D eigenvalue weighted by molar-refractivity contribution is 0.0184. The van der Waals surface area contributed by atoms with E-state index in [2.05, 4.69) is 27.2 Å². The Morgan fingerprint density at radius 1 is 1.38 bits per heavy atom. The van der Waals surface area contributed by atoms with Gasteiger partial charge in [0.1, 0.15) is 0 Å². The number of aryl methyl sites for hydroxylation is 2. The van der Waals surface area contributed by atoms with Crippen molar-refractivity contribution in [2.45, 2.75) is 26.3 Å². The Hall–Kier alpha value is -1.18. The number of thiazole rings is 1. The van der Waals surface area contributed by atoms with Crippen LogP contribution >= 0.6 is 11.3 Å². The standard InChI is InChI=1S/C14H23N5OS/c1-4-11(19-5-7-20-8-6-19)9-15-14-16-13-12(21-14)10(2)17-18(13)3/h11H,4-9H2,1-3H3,(H,15,16)/t11-/m0/s1. The number of aromatic nitrogens is 3. The number of nitrogens with one attached hydrogen (secondary N) is 1. The number of morpholine rings is 1. The fourth-order valence-electron chi connectivity index (χ4n) is 2.84. The zero-order valence-electron chi connectivity index (χ0n) is 12.9. The summed E-state index contributed by atoms with van der Waals surface area (Å²) in [5, 5.41) is 8.89. The molecule has 21 heavy (non-hydrogen) atoms. The average Bonchev–Trinajstić information content (AvgIpc) is 3.03. The van der Waals surface area contributed by atoms with Crippen molar-refractivity contribution in [1.82, 2.24) is 19.7 Å². The van der Waals surface area contributed by atoms with Gasteiger partial charge in [0.15, 0.2) is 10.8 Å². The van der Waals surface area contributed by atoms with E-state index >= 15 is 0 Å². The summed E-state index contributed by atoms with van der Waals surface area (Å²) in [7, 11) is 1.95. The lowest BCUT2D eigenvalue weighted by atomic mass is 10.2. The summed E-state index contributed by atoms with van der Waals surface area (Å²) in [6.45, 7) is 8.97. The van der Waals surface area contributed by atoms with Gasteiger partial charge in [0.05, 0.1) is 23.6 Å². The molecule has 7 heteroatoms. The topological polar surface area (TPSA) is 55.2 Å². The molecule has 1 aliphatic rings. The van der Waals surface area contributed by atoms with E-state index in [0.717, 1.165) is 55.7 Å². The molecule has 2 aromatic heterocycles. The van der Waals surface area contributed by atoms with Crippen molar-refractivity contribution in [2.24, 2.45) is 7.05 Å². The second-order valence-electron chi connectivity index (χ2n) is 5.47. The Morgan fingerprint density at radius 2 is 2.14 bits per heavy atom. The second kappa shape index (κ2) is 6.29. The smallest absolute Gasteiger partial charge is 0.185 e. The number of ether oxygens (including phenoxy) is 1. The molecule has 6 nitrogen and oxygen atoms in total. The molecule has 0 aromatic carbocycles. The molecule has 1 saturated heterocycles. The van der Waals surface area contributed by atoms with Crippen LogP contribution in [0.4, 0.5) is 5.13 Å². The minimum absolute atomic E-state index is 0.542. The van der Waals surface area contributed by atoms with Gasteiger partial charge >= 0.3 is 0 Å². The maximum absolute atomic E-state index is 5.43. The molecule has 1 atom stereocenters. The highest BCUT2D eigenvalue weighted by molar-refractivity contribution is 7.22. The van der Waals surface area contributed by atoms with Crippen LogP contribution < -0.4 is 5.32 Å². The molecule has 3 rings (SSSR count). The molecule has 0 amide bonds. The molecule has 0 saturated carbocycles. The predicted octanol–water partition coefficient (Wildman–Crippen LogP) is 1.86. The van der Waals surface area contributed by atoms with Crippen molar-refractivity contribution in [3.63, 3.8) is 0 Å². The molecular weight excluding hydrogens is 286 g/mol. The zero-order chi connectivity index (χ0) is 14.8. The van der Waals surface area contributed by atoms with Crippen LogP contribution in [0.2, 0.25) is 0 Å². The third kappa shape index (κ3) is 3.04. The predicted molar refractivity (Wildman–Crippen MR) is 86.1 cm³/mol. The minimum atomic E-state index is 0.542. The lowest BCUT2D eigenvalue weighted by Crippen LogP contribution is -2.46. The molecule has 0 aliphatic carbocycles. The fourth-order valence-corrected chi connectivity index (χ4v) is 3.78. The lowest BCUT2D eigenvalue weighted by Gasteiger charge is -2.34. The number of rotatable bonds is 5. The van der Waals surface area contributed by atoms with Crippen molar-refractivity contribution < 1.29 is 4.74 Å². The van der Waals surface area contributed by atoms with Crippen LogP contribution in [0.15, 0.2) is 0 Å². The third-order valence-electron chi connectivity index (χ3n) is 4.07. The van der Waals surface area contributed by atoms with E-state index in [1.54, 1.807) is 11.3 Å². The molecular formula is C14H23N5OS. The van der Waals surface area contributed by atoms with Gasteiger partial charge in [0.2, 0.25) is 0 Å². The normalized spacial score (nSPS) is 18.2. The first-order chi connectivity index (χ1) is 10.2. The highest BCUT2D eigenvalue weighted by Crippen LogP contribution is 2.28. The van der Waals surface area contributed by atoms with Crippen LogP contribution in [-0.4, -0.2) is 58.6 Å². The Morgan fingerprint density at radius 3 is 2.81 bits per heavy atom. The van der Waals surface area contributed by atoms with E-state index in [1.807, 2.05) is 18.7 Å². The summed E-state index contributed by atoms with van der Waals surface area (Å²) >= 11 is 1.70. The number of nitrogens with zero attached hydrogens (tertiary/aromatic N) is 4. The molecule has 1 aliphatic heterocycles. The van der Waals surface area contributed by atoms with Gasteiger partial charge in [-0.2, -0.15) is 5.10 Å². The molecule has 2 aromatic rings. The Kier molecular flexibility index (Phi) is 4.42. The highest BCUT2D eigenvalue weighted by Gasteiger charge is 2.20. The molecule has 116 valence electrons. The minimum Gasteiger partial charge on any atom is -0.379 e. The van der Waals surface area contributed by atoms with Crippen LogP contribution in [-0.2, 0) is 11.8 Å². The van der Waals surface area contributed by atoms with Crippen molar-refractivity contribution in [3.05, 3.63) is 5.69 Å². The van der Waals surface area contributed by atoms with Crippen molar-refractivity contribution in [3.8, 4) is 0 Å². The first-order valence-electron chi connectivity index (χ1n) is 7.55. The molecule has 1 N–H and O–H groups in total. The van der Waals surface area contributed by atoms with Crippen LogP contribution in [0, 0.1) is 6.92 Å². The van der Waals surface area contributed by atoms with Gasteiger partial charge in [0.25, 0.3) is 0 Å². The Balaban J connectivity index is 1.65. The quantitative estimate of drug-likeness (QED) is 0.913. The first-order valence-corrected chi connectivity index (χ1v) is 8.36. The van der Waals surface area contributed by atoms with E-state index in [0.29, 0.717) is 6.04 Å². The first kappa shape index (κ1) is 14.7. The van der Waals surface area contributed by atoms with Crippen molar-refractivity contribution in [2.75, 3.05) is 38.2 Å². The number of fused-ring (bicyclic) bond motifs is 1. The third-order valence-corrected chi connectivity index (χ3v) is 5.18. The van der Waals surface area contributed by atoms with Crippen molar-refractivity contribution >= 4 is 26.8 Å². The largest absolute Gasteiger partial charge is 0.379 e. The summed E-state index contributed by atoms with van der Waals surface area (Å²) in [6.07, 6.45) is 1.14. The number of hydrogen-bond donors (Lipinski definition) is 1. The Labute approximate surface area is 129 Å². The molecule has 0 spiro atoms. The highest BCUT2D eigenvalue weighted by atomic mass is 32.1. The van der Waals surface area contributed by atoms with E-state index in [9.17, 15) is 0 Å². The van der Waals surface area contributed by atoms with Gasteiger partial charge < -0.3 is 10.1 Å². The molecule has 1 fully saturated rings. The van der Waals surface area contributed by atoms with Crippen LogP contribution in [0.25, 0.3) is 10.3 Å². The van der Waals surface area contributed by atoms with Gasteiger partial charge in [-0.3, -0.25) is 4.90 Å². The summed E-state index contributed by atoms with van der Waals surface area (Å²) in [5.41, 5.74) is 2.03. The van der Waals surface area contributed by atoms with E-state index < -0.39 is 0 Å². The van der Waals surface area contributed by atoms with E-state index in [1.165, 1.54) is 4.70 Å². The second-order valence-corrected chi connectivity index (χ2v) is 6.47. The van der Waals surface area contributed by atoms with Crippen molar-refractivity contribution in [1.29, 1.82) is 0 Å². The monoisotopic (exact) mass is 309 g/mol. The van der Waals surface area contributed by atoms with Crippen LogP contribution in [0.3, 0.4) is 0 Å². The Bertz CT molecular complexity index is 567. The molecule has 0 radical (unpaired) electrons. The van der Waals surface area contributed by atoms with Gasteiger partial charge in [-0.05, 0) is 13.3 Å². The maximum atomic E-state index is 5.43. The summed E-state index contributed by atoms with van der Waals surface area (Å²) in [4.78, 5) is 7.16. The maximum Gasteiger partial charge on any atom is 0.185 e. The summed E-state index contributed by atoms with van der Waals surface area (Å²) in [6, 6.07) is 0.542. The van der Waals surface area contributed by atoms with Crippen LogP contribution in [0.1, 0.15) is 19.0 Å². The number of hydrogen-bond acceptors (Lipinski definition) is 6. The van der Waals surface area contributed by atoms with Gasteiger partial charge in [-0.1, -0.05) is 18.3 Å². The fraction of sp³-hybridized carbons (Fsp3) is 0.714. The molecule has 3 heterocycles. The molecule has 0 unspecified atom stereocenters. The number of anilines is 1. The summed E-state index contributed by atoms with van der Waals surface area (Å²) < 4.78 is 8.46. The van der Waals surface area contributed by atoms with E-state index in [4.69, 9.17) is 4.74 Å². The van der Waals surface area contributed by atoms with Crippen LogP contribution in [0.5, 0.6) is 0 Å². The van der Waals surface area contributed by atoms with E-state index in [-0.39, 0.29) is 0 Å². The van der Waals surface area contributed by atoms with Gasteiger partial charge in [-0.25, -0.2) is 9.67 Å².